The number of ketones is 1. The van der Waals surface area contributed by atoms with Crippen molar-refractivity contribution in [1.29, 1.82) is 0 Å². The van der Waals surface area contributed by atoms with E-state index in [9.17, 15) is 13.6 Å². The molecule has 0 spiro atoms. The van der Waals surface area contributed by atoms with Gasteiger partial charge in [-0.1, -0.05) is 17.8 Å². The highest BCUT2D eigenvalue weighted by molar-refractivity contribution is 7.99. The smallest absolute Gasteiger partial charge is 0.387 e. The molecule has 3 rings (SSSR count). The van der Waals surface area contributed by atoms with E-state index in [1.54, 1.807) is 16.0 Å². The maximum Gasteiger partial charge on any atom is 0.387 e. The molecule has 2 aromatic heterocycles. The number of benzene rings is 1. The fourth-order valence-electron chi connectivity index (χ4n) is 1.98. The lowest BCUT2D eigenvalue weighted by atomic mass is 10.1. The fraction of sp³-hybridized carbons (Fsp3) is 0.200. The van der Waals surface area contributed by atoms with Gasteiger partial charge < -0.3 is 4.74 Å². The van der Waals surface area contributed by atoms with E-state index < -0.39 is 6.61 Å². The summed E-state index contributed by atoms with van der Waals surface area (Å²) in [4.78, 5) is 13.3. The van der Waals surface area contributed by atoms with Gasteiger partial charge in [-0.2, -0.15) is 8.78 Å². The molecule has 0 atom stereocenters. The highest BCUT2D eigenvalue weighted by Crippen LogP contribution is 2.20. The summed E-state index contributed by atoms with van der Waals surface area (Å²) >= 11 is 2.82. The van der Waals surface area contributed by atoms with E-state index in [0.29, 0.717) is 17.3 Å². The minimum atomic E-state index is -2.89. The Labute approximate surface area is 149 Å². The van der Waals surface area contributed by atoms with E-state index in [2.05, 4.69) is 20.3 Å². The van der Waals surface area contributed by atoms with Crippen LogP contribution in [0.5, 0.6) is 5.75 Å². The van der Waals surface area contributed by atoms with Crippen molar-refractivity contribution in [3.8, 4) is 5.75 Å². The maximum atomic E-state index is 12.2. The normalized spacial score (nSPS) is 11.0. The number of ether oxygens (including phenoxy) is 1. The summed E-state index contributed by atoms with van der Waals surface area (Å²) in [6.07, 6.45) is 0. The number of rotatable bonds is 8. The molecule has 0 aliphatic heterocycles. The molecular weight excluding hydrogens is 370 g/mol. The van der Waals surface area contributed by atoms with Crippen LogP contribution in [-0.2, 0) is 6.54 Å². The standard InChI is InChI=1S/C15H12F2N4O2S2/c16-14(17)23-11-5-3-10(4-6-11)13(22)9-25-15-18-19-20-21(15)8-12-2-1-7-24-12/h1-7,14H,8-9H2. The molecule has 1 aromatic carbocycles. The zero-order valence-corrected chi connectivity index (χ0v) is 14.3. The highest BCUT2D eigenvalue weighted by atomic mass is 32.2. The van der Waals surface area contributed by atoms with E-state index in [1.165, 1.54) is 36.0 Å². The van der Waals surface area contributed by atoms with Crippen LogP contribution in [0.15, 0.2) is 46.9 Å². The Balaban J connectivity index is 1.58. The van der Waals surface area contributed by atoms with Gasteiger partial charge in [0.2, 0.25) is 5.16 Å². The summed E-state index contributed by atoms with van der Waals surface area (Å²) in [5.74, 6) is -0.00165. The molecule has 3 aromatic rings. The number of carbonyl (C=O) groups is 1. The molecule has 2 heterocycles. The van der Waals surface area contributed by atoms with Crippen LogP contribution < -0.4 is 4.74 Å². The van der Waals surface area contributed by atoms with Crippen LogP contribution in [0.25, 0.3) is 0 Å². The van der Waals surface area contributed by atoms with Gasteiger partial charge >= 0.3 is 6.61 Å². The van der Waals surface area contributed by atoms with E-state index >= 15 is 0 Å². The molecule has 130 valence electrons. The minimum Gasteiger partial charge on any atom is -0.435 e. The van der Waals surface area contributed by atoms with Crippen LogP contribution >= 0.6 is 23.1 Å². The fourth-order valence-corrected chi connectivity index (χ4v) is 3.44. The van der Waals surface area contributed by atoms with E-state index in [1.807, 2.05) is 17.5 Å². The van der Waals surface area contributed by atoms with Crippen molar-refractivity contribution in [2.24, 2.45) is 0 Å². The Kier molecular flexibility index (Phi) is 5.71. The monoisotopic (exact) mass is 382 g/mol. The lowest BCUT2D eigenvalue weighted by Gasteiger charge is -2.05. The third kappa shape index (κ3) is 4.83. The van der Waals surface area contributed by atoms with Gasteiger partial charge in [-0.25, -0.2) is 4.68 Å². The number of Topliss-reactive ketones (excluding diaryl/α,β-unsaturated/α-hetero) is 1. The average molecular weight is 382 g/mol. The Hall–Kier alpha value is -2.33. The molecule has 0 N–H and O–H groups in total. The van der Waals surface area contributed by atoms with Gasteiger partial charge in [0.1, 0.15) is 5.75 Å². The van der Waals surface area contributed by atoms with Gasteiger partial charge in [0, 0.05) is 10.4 Å². The predicted octanol–water partition coefficient (Wildman–Crippen LogP) is 3.36. The molecule has 0 aliphatic rings. The van der Waals surface area contributed by atoms with Gasteiger partial charge in [-0.05, 0) is 46.1 Å². The van der Waals surface area contributed by atoms with Crippen molar-refractivity contribution in [1.82, 2.24) is 20.2 Å². The molecule has 0 aliphatic carbocycles. The Bertz CT molecular complexity index is 822. The molecule has 0 radical (unpaired) electrons. The first-order chi connectivity index (χ1) is 12.1. The largest absolute Gasteiger partial charge is 0.435 e. The summed E-state index contributed by atoms with van der Waals surface area (Å²) in [6, 6.07) is 9.51. The van der Waals surface area contributed by atoms with Gasteiger partial charge in [-0.15, -0.1) is 16.4 Å². The van der Waals surface area contributed by atoms with E-state index in [0.717, 1.165) is 4.88 Å². The number of thiophene rings is 1. The molecule has 25 heavy (non-hydrogen) atoms. The Morgan fingerprint density at radius 1 is 1.28 bits per heavy atom. The molecule has 6 nitrogen and oxygen atoms in total. The van der Waals surface area contributed by atoms with E-state index in [-0.39, 0.29) is 17.3 Å². The third-order valence-electron chi connectivity index (χ3n) is 3.12. The summed E-state index contributed by atoms with van der Waals surface area (Å²) in [5, 5.41) is 14.0. The average Bonchev–Trinajstić information content (AvgIpc) is 3.25. The van der Waals surface area contributed by atoms with Gasteiger partial charge in [-0.3, -0.25) is 4.79 Å². The number of hydrogen-bond donors (Lipinski definition) is 0. The number of hydrogen-bond acceptors (Lipinski definition) is 7. The first kappa shape index (κ1) is 17.5. The predicted molar refractivity (Wildman–Crippen MR) is 89.4 cm³/mol. The molecule has 0 bridgehead atoms. The molecule has 0 saturated heterocycles. The molecule has 0 amide bonds. The van der Waals surface area contributed by atoms with Crippen LogP contribution in [0.3, 0.4) is 0 Å². The third-order valence-corrected chi connectivity index (χ3v) is 4.94. The van der Waals surface area contributed by atoms with Gasteiger partial charge in [0.15, 0.2) is 5.78 Å². The number of thioether (sulfide) groups is 1. The lowest BCUT2D eigenvalue weighted by molar-refractivity contribution is -0.0498. The Morgan fingerprint density at radius 3 is 2.76 bits per heavy atom. The van der Waals surface area contributed by atoms with Crippen LogP contribution in [0.1, 0.15) is 15.2 Å². The summed E-state index contributed by atoms with van der Waals surface area (Å²) in [7, 11) is 0. The van der Waals surface area contributed by atoms with Crippen LogP contribution in [-0.4, -0.2) is 38.4 Å². The Morgan fingerprint density at radius 2 is 2.08 bits per heavy atom. The molecular formula is C15H12F2N4O2S2. The van der Waals surface area contributed by atoms with Crippen molar-refractivity contribution >= 4 is 28.9 Å². The second kappa shape index (κ2) is 8.17. The highest BCUT2D eigenvalue weighted by Gasteiger charge is 2.13. The number of carbonyl (C=O) groups excluding carboxylic acids is 1. The summed E-state index contributed by atoms with van der Waals surface area (Å²) in [6.45, 7) is -2.35. The number of aromatic nitrogens is 4. The summed E-state index contributed by atoms with van der Waals surface area (Å²) in [5.41, 5.74) is 0.409. The quantitative estimate of drug-likeness (QED) is 0.440. The zero-order valence-electron chi connectivity index (χ0n) is 12.7. The number of nitrogens with zero attached hydrogens (tertiary/aromatic N) is 4. The minimum absolute atomic E-state index is 0.0130. The van der Waals surface area contributed by atoms with Crippen molar-refractivity contribution < 1.29 is 18.3 Å². The number of tetrazole rings is 1. The molecule has 0 saturated carbocycles. The first-order valence-corrected chi connectivity index (χ1v) is 8.98. The number of alkyl halides is 2. The van der Waals surface area contributed by atoms with Gasteiger partial charge in [0.25, 0.3) is 0 Å². The topological polar surface area (TPSA) is 69.9 Å². The van der Waals surface area contributed by atoms with Gasteiger partial charge in [0.05, 0.1) is 12.3 Å². The van der Waals surface area contributed by atoms with E-state index in [4.69, 9.17) is 0 Å². The van der Waals surface area contributed by atoms with Crippen molar-refractivity contribution in [2.75, 3.05) is 5.75 Å². The van der Waals surface area contributed by atoms with Crippen LogP contribution in [0, 0.1) is 0 Å². The summed E-state index contributed by atoms with van der Waals surface area (Å²) < 4.78 is 30.1. The van der Waals surface area contributed by atoms with Crippen LogP contribution in [0.2, 0.25) is 0 Å². The first-order valence-electron chi connectivity index (χ1n) is 7.11. The second-order valence-electron chi connectivity index (χ2n) is 4.81. The lowest BCUT2D eigenvalue weighted by Crippen LogP contribution is -2.07. The molecule has 0 unspecified atom stereocenters. The zero-order chi connectivity index (χ0) is 17.6. The van der Waals surface area contributed by atoms with Crippen molar-refractivity contribution in [3.05, 3.63) is 52.2 Å². The molecule has 10 heteroatoms. The van der Waals surface area contributed by atoms with Crippen LogP contribution in [0.4, 0.5) is 8.78 Å². The maximum absolute atomic E-state index is 12.2. The molecule has 0 fully saturated rings. The SMILES string of the molecule is O=C(CSc1nnnn1Cc1cccs1)c1ccc(OC(F)F)cc1. The van der Waals surface area contributed by atoms with Crippen molar-refractivity contribution in [2.45, 2.75) is 18.3 Å². The van der Waals surface area contributed by atoms with Crippen molar-refractivity contribution in [3.63, 3.8) is 0 Å². The number of halogens is 2. The second-order valence-corrected chi connectivity index (χ2v) is 6.79.